The Hall–Kier alpha value is -3.46. The molecule has 0 fully saturated rings. The Labute approximate surface area is 222 Å². The maximum Gasteiger partial charge on any atom is 0.255 e. The average molecular weight is 522 g/mol. The smallest absolute Gasteiger partial charge is 0.255 e. The second kappa shape index (κ2) is 11.7. The van der Waals surface area contributed by atoms with E-state index >= 15 is 0 Å². The van der Waals surface area contributed by atoms with Crippen molar-refractivity contribution in [3.05, 3.63) is 64.4 Å². The Kier molecular flexibility index (Phi) is 8.43. The van der Waals surface area contributed by atoms with Gasteiger partial charge in [-0.1, -0.05) is 43.3 Å². The number of unbranched alkanes of at least 4 members (excludes halogenated alkanes) is 1. The van der Waals surface area contributed by atoms with E-state index in [1.54, 1.807) is 23.6 Å². The van der Waals surface area contributed by atoms with Crippen molar-refractivity contribution in [2.24, 2.45) is 0 Å². The van der Waals surface area contributed by atoms with Crippen LogP contribution in [0.2, 0.25) is 0 Å². The molecule has 0 saturated heterocycles. The molecule has 1 aliphatic heterocycles. The largest absolute Gasteiger partial charge is 0.493 e. The molecule has 1 amide bonds. The number of benzene rings is 2. The molecule has 0 radical (unpaired) electrons. The van der Waals surface area contributed by atoms with E-state index in [9.17, 15) is 4.79 Å². The Morgan fingerprint density at radius 2 is 1.97 bits per heavy atom. The van der Waals surface area contributed by atoms with E-state index in [0.717, 1.165) is 46.7 Å². The van der Waals surface area contributed by atoms with Crippen molar-refractivity contribution < 1.29 is 14.3 Å². The van der Waals surface area contributed by atoms with Crippen LogP contribution in [-0.4, -0.2) is 40.1 Å². The predicted molar refractivity (Wildman–Crippen MR) is 149 cm³/mol. The SMILES string of the molecule is CCCCSc1nc2n(n1)C(c1ccc(OCC)c(OC)c1)C(C(=O)Nc1cccc(C)c1C)=C(C)N2. The minimum absolute atomic E-state index is 0.196. The van der Waals surface area contributed by atoms with Gasteiger partial charge >= 0.3 is 0 Å². The number of allylic oxidation sites excluding steroid dienone is 1. The Bertz CT molecular complexity index is 1320. The summed E-state index contributed by atoms with van der Waals surface area (Å²) in [5, 5.41) is 11.9. The van der Waals surface area contributed by atoms with Crippen molar-refractivity contribution in [3.8, 4) is 11.5 Å². The van der Waals surface area contributed by atoms with E-state index in [1.807, 2.05) is 64.1 Å². The fourth-order valence-corrected chi connectivity index (χ4v) is 5.22. The molecule has 1 aromatic heterocycles. The fourth-order valence-electron chi connectivity index (χ4n) is 4.31. The third kappa shape index (κ3) is 5.61. The summed E-state index contributed by atoms with van der Waals surface area (Å²) in [6.45, 7) is 10.6. The zero-order valence-electron chi connectivity index (χ0n) is 22.3. The molecule has 0 spiro atoms. The zero-order chi connectivity index (χ0) is 26.5. The molecule has 1 aliphatic rings. The molecule has 1 atom stereocenters. The number of carbonyl (C=O) groups excluding carboxylic acids is 1. The number of rotatable bonds is 10. The second-order valence-electron chi connectivity index (χ2n) is 8.98. The first-order chi connectivity index (χ1) is 17.9. The van der Waals surface area contributed by atoms with Crippen LogP contribution in [0, 0.1) is 13.8 Å². The molecule has 37 heavy (non-hydrogen) atoms. The van der Waals surface area contributed by atoms with Gasteiger partial charge in [0.15, 0.2) is 11.5 Å². The molecule has 3 aromatic rings. The normalized spacial score (nSPS) is 14.7. The lowest BCUT2D eigenvalue weighted by atomic mass is 9.94. The van der Waals surface area contributed by atoms with Crippen LogP contribution >= 0.6 is 11.8 Å². The predicted octanol–water partition coefficient (Wildman–Crippen LogP) is 6.12. The molecule has 0 saturated carbocycles. The first kappa shape index (κ1) is 26.6. The van der Waals surface area contributed by atoms with Crippen LogP contribution < -0.4 is 20.1 Å². The van der Waals surface area contributed by atoms with E-state index in [1.165, 1.54) is 0 Å². The van der Waals surface area contributed by atoms with Gasteiger partial charge in [0.2, 0.25) is 11.1 Å². The van der Waals surface area contributed by atoms with Crippen LogP contribution in [0.15, 0.2) is 52.8 Å². The van der Waals surface area contributed by atoms with Gasteiger partial charge in [-0.15, -0.1) is 5.10 Å². The first-order valence-corrected chi connectivity index (χ1v) is 13.6. The maximum absolute atomic E-state index is 13.8. The first-order valence-electron chi connectivity index (χ1n) is 12.6. The van der Waals surface area contributed by atoms with E-state index in [2.05, 4.69) is 17.6 Å². The summed E-state index contributed by atoms with van der Waals surface area (Å²) in [6, 6.07) is 11.1. The molecule has 4 rings (SSSR count). The van der Waals surface area contributed by atoms with Crippen molar-refractivity contribution in [2.45, 2.75) is 58.7 Å². The summed E-state index contributed by atoms with van der Waals surface area (Å²) in [7, 11) is 1.61. The molecular weight excluding hydrogens is 486 g/mol. The van der Waals surface area contributed by atoms with Crippen molar-refractivity contribution in [3.63, 3.8) is 0 Å². The summed E-state index contributed by atoms with van der Waals surface area (Å²) in [6.07, 6.45) is 2.19. The minimum Gasteiger partial charge on any atom is -0.493 e. The summed E-state index contributed by atoms with van der Waals surface area (Å²) >= 11 is 1.62. The number of thioether (sulfide) groups is 1. The highest BCUT2D eigenvalue weighted by atomic mass is 32.2. The molecule has 8 nitrogen and oxygen atoms in total. The number of hydrogen-bond acceptors (Lipinski definition) is 7. The van der Waals surface area contributed by atoms with Gasteiger partial charge in [0.05, 0.1) is 19.3 Å². The Balaban J connectivity index is 1.78. The molecular formula is C28H35N5O3S. The van der Waals surface area contributed by atoms with Gasteiger partial charge < -0.3 is 20.1 Å². The number of carbonyl (C=O) groups is 1. The minimum atomic E-state index is -0.501. The van der Waals surface area contributed by atoms with Crippen LogP contribution in [0.5, 0.6) is 11.5 Å². The van der Waals surface area contributed by atoms with Crippen LogP contribution in [0.1, 0.15) is 56.3 Å². The summed E-state index contributed by atoms with van der Waals surface area (Å²) in [5.41, 5.74) is 5.08. The van der Waals surface area contributed by atoms with Crippen LogP contribution in [-0.2, 0) is 4.79 Å². The third-order valence-corrected chi connectivity index (χ3v) is 7.39. The number of anilines is 2. The number of methoxy groups -OCH3 is 1. The number of nitrogens with zero attached hydrogens (tertiary/aromatic N) is 3. The van der Waals surface area contributed by atoms with Crippen molar-refractivity contribution in [1.29, 1.82) is 0 Å². The Morgan fingerprint density at radius 1 is 1.16 bits per heavy atom. The average Bonchev–Trinajstić information content (AvgIpc) is 3.28. The van der Waals surface area contributed by atoms with Gasteiger partial charge in [0.25, 0.3) is 5.91 Å². The van der Waals surface area contributed by atoms with Crippen molar-refractivity contribution in [2.75, 3.05) is 30.1 Å². The van der Waals surface area contributed by atoms with E-state index in [0.29, 0.717) is 34.8 Å². The lowest BCUT2D eigenvalue weighted by Crippen LogP contribution is -2.31. The number of hydrogen-bond donors (Lipinski definition) is 2. The number of fused-ring (bicyclic) bond motifs is 1. The highest BCUT2D eigenvalue weighted by Crippen LogP contribution is 2.40. The van der Waals surface area contributed by atoms with E-state index in [-0.39, 0.29) is 5.91 Å². The molecule has 0 aliphatic carbocycles. The van der Waals surface area contributed by atoms with Gasteiger partial charge in [-0.2, -0.15) is 4.98 Å². The standard InChI is InChI=1S/C28H35N5O3S/c1-7-9-15-37-28-31-27-29-19(5)24(26(34)30-21-12-10-11-17(3)18(21)4)25(33(27)32-28)20-13-14-22(36-8-2)23(16-20)35-6/h10-14,16,25H,7-9,15H2,1-6H3,(H,30,34)(H,29,31,32). The maximum atomic E-state index is 13.8. The van der Waals surface area contributed by atoms with E-state index in [4.69, 9.17) is 19.6 Å². The third-order valence-electron chi connectivity index (χ3n) is 6.46. The number of ether oxygens (including phenoxy) is 2. The number of aryl methyl sites for hydroxylation is 1. The van der Waals surface area contributed by atoms with Gasteiger partial charge in [0, 0.05) is 17.1 Å². The molecule has 9 heteroatoms. The summed E-state index contributed by atoms with van der Waals surface area (Å²) in [5.74, 6) is 2.60. The number of aromatic nitrogens is 3. The quantitative estimate of drug-likeness (QED) is 0.245. The second-order valence-corrected chi connectivity index (χ2v) is 10.0. The topological polar surface area (TPSA) is 90.3 Å². The Morgan fingerprint density at radius 3 is 2.70 bits per heavy atom. The molecule has 196 valence electrons. The molecule has 2 aromatic carbocycles. The van der Waals surface area contributed by atoms with Crippen LogP contribution in [0.4, 0.5) is 11.6 Å². The summed E-state index contributed by atoms with van der Waals surface area (Å²) < 4.78 is 13.2. The zero-order valence-corrected chi connectivity index (χ0v) is 23.2. The van der Waals surface area contributed by atoms with Crippen molar-refractivity contribution in [1.82, 2.24) is 14.8 Å². The van der Waals surface area contributed by atoms with Gasteiger partial charge in [0.1, 0.15) is 6.04 Å². The number of nitrogens with one attached hydrogen (secondary N) is 2. The number of amides is 1. The lowest BCUT2D eigenvalue weighted by molar-refractivity contribution is -0.113. The monoisotopic (exact) mass is 521 g/mol. The highest BCUT2D eigenvalue weighted by Gasteiger charge is 2.35. The molecule has 2 N–H and O–H groups in total. The lowest BCUT2D eigenvalue weighted by Gasteiger charge is -2.29. The van der Waals surface area contributed by atoms with Crippen LogP contribution in [0.25, 0.3) is 0 Å². The van der Waals surface area contributed by atoms with Gasteiger partial charge in [-0.05, 0) is 69.0 Å². The van der Waals surface area contributed by atoms with Crippen molar-refractivity contribution >= 4 is 29.3 Å². The summed E-state index contributed by atoms with van der Waals surface area (Å²) in [4.78, 5) is 18.6. The molecule has 0 bridgehead atoms. The highest BCUT2D eigenvalue weighted by molar-refractivity contribution is 7.99. The molecule has 2 heterocycles. The van der Waals surface area contributed by atoms with E-state index < -0.39 is 6.04 Å². The van der Waals surface area contributed by atoms with Gasteiger partial charge in [-0.3, -0.25) is 4.79 Å². The van der Waals surface area contributed by atoms with Crippen LogP contribution in [0.3, 0.4) is 0 Å². The fraction of sp³-hybridized carbons (Fsp3) is 0.393. The molecule has 1 unspecified atom stereocenters. The van der Waals surface area contributed by atoms with Gasteiger partial charge in [-0.25, -0.2) is 4.68 Å².